The first-order chi connectivity index (χ1) is 19.2. The molecule has 39 heavy (non-hydrogen) atoms. The zero-order chi connectivity index (χ0) is 26.6. The first kappa shape index (κ1) is 26.1. The van der Waals surface area contributed by atoms with Gasteiger partial charge in [-0.05, 0) is 84.0 Å². The third-order valence-electron chi connectivity index (χ3n) is 9.66. The van der Waals surface area contributed by atoms with Crippen LogP contribution in [-0.2, 0) is 11.2 Å². The Labute approximate surface area is 234 Å². The first-order valence-electron chi connectivity index (χ1n) is 15.0. The molecule has 4 heteroatoms. The highest BCUT2D eigenvalue weighted by Gasteiger charge is 2.33. The van der Waals surface area contributed by atoms with Gasteiger partial charge >= 0.3 is 0 Å². The number of aryl methyl sites for hydroxylation is 1. The van der Waals surface area contributed by atoms with Crippen LogP contribution in [0.4, 0.5) is 5.69 Å². The van der Waals surface area contributed by atoms with Crippen LogP contribution in [0.1, 0.15) is 66.2 Å². The highest BCUT2D eigenvalue weighted by Crippen LogP contribution is 2.47. The summed E-state index contributed by atoms with van der Waals surface area (Å²) in [6, 6.07) is 27.1. The number of nitrogens with zero attached hydrogens (tertiary/aromatic N) is 2. The molecule has 1 heterocycles. The largest absolute Gasteiger partial charge is 0.497 e. The van der Waals surface area contributed by atoms with Crippen molar-refractivity contribution in [2.75, 3.05) is 44.7 Å². The van der Waals surface area contributed by atoms with Crippen molar-refractivity contribution in [1.82, 2.24) is 4.90 Å². The maximum atomic E-state index is 11.6. The molecule has 0 amide bonds. The fourth-order valence-corrected chi connectivity index (χ4v) is 7.45. The minimum atomic E-state index is 0.273. The summed E-state index contributed by atoms with van der Waals surface area (Å²) in [6.45, 7) is 5.35. The number of fused-ring (bicyclic) bond motifs is 1. The highest BCUT2D eigenvalue weighted by atomic mass is 16.5. The lowest BCUT2D eigenvalue weighted by atomic mass is 9.69. The molecule has 2 unspecified atom stereocenters. The summed E-state index contributed by atoms with van der Waals surface area (Å²) in [5.41, 5.74) is 7.01. The predicted molar refractivity (Wildman–Crippen MR) is 159 cm³/mol. The van der Waals surface area contributed by atoms with E-state index in [9.17, 15) is 4.79 Å². The molecular formula is C35H42N2O2. The van der Waals surface area contributed by atoms with Crippen LogP contribution in [0.2, 0.25) is 0 Å². The van der Waals surface area contributed by atoms with Crippen molar-refractivity contribution < 1.29 is 9.53 Å². The van der Waals surface area contributed by atoms with Gasteiger partial charge in [-0.25, -0.2) is 0 Å². The molecule has 3 aromatic carbocycles. The lowest BCUT2D eigenvalue weighted by Gasteiger charge is -2.39. The number of methoxy groups -OCH3 is 1. The van der Waals surface area contributed by atoms with E-state index in [0.717, 1.165) is 57.7 Å². The van der Waals surface area contributed by atoms with Gasteiger partial charge in [0.2, 0.25) is 0 Å². The van der Waals surface area contributed by atoms with Gasteiger partial charge in [-0.2, -0.15) is 0 Å². The van der Waals surface area contributed by atoms with E-state index in [0.29, 0.717) is 17.8 Å². The Balaban J connectivity index is 1.17. The van der Waals surface area contributed by atoms with Gasteiger partial charge in [0.15, 0.2) is 0 Å². The second kappa shape index (κ2) is 12.0. The molecule has 0 radical (unpaired) electrons. The Kier molecular flexibility index (Phi) is 8.01. The summed E-state index contributed by atoms with van der Waals surface area (Å²) >= 11 is 0. The first-order valence-corrected chi connectivity index (χ1v) is 15.0. The van der Waals surface area contributed by atoms with Crippen molar-refractivity contribution in [3.8, 4) is 5.75 Å². The minimum Gasteiger partial charge on any atom is -0.497 e. The number of aldehydes is 1. The van der Waals surface area contributed by atoms with Gasteiger partial charge in [0, 0.05) is 50.2 Å². The summed E-state index contributed by atoms with van der Waals surface area (Å²) in [6.07, 6.45) is 8.26. The molecular weight excluding hydrogens is 480 g/mol. The molecule has 0 spiro atoms. The molecule has 6 rings (SSSR count). The van der Waals surface area contributed by atoms with Gasteiger partial charge in [-0.3, -0.25) is 4.90 Å². The summed E-state index contributed by atoms with van der Waals surface area (Å²) < 4.78 is 5.55. The molecule has 4 atom stereocenters. The summed E-state index contributed by atoms with van der Waals surface area (Å²) in [4.78, 5) is 16.7. The van der Waals surface area contributed by atoms with E-state index in [1.807, 2.05) is 0 Å². The van der Waals surface area contributed by atoms with Crippen LogP contribution in [0.3, 0.4) is 0 Å². The van der Waals surface area contributed by atoms with Crippen LogP contribution >= 0.6 is 0 Å². The van der Waals surface area contributed by atoms with Gasteiger partial charge in [0.1, 0.15) is 12.0 Å². The third kappa shape index (κ3) is 5.63. The number of benzene rings is 3. The molecule has 2 fully saturated rings. The third-order valence-corrected chi connectivity index (χ3v) is 9.66. The van der Waals surface area contributed by atoms with Gasteiger partial charge in [0.05, 0.1) is 7.11 Å². The second-order valence-electron chi connectivity index (χ2n) is 11.8. The fraction of sp³-hybridized carbons (Fsp3) is 0.457. The molecule has 0 N–H and O–H groups in total. The molecule has 1 saturated heterocycles. The van der Waals surface area contributed by atoms with Gasteiger partial charge in [0.25, 0.3) is 0 Å². The Morgan fingerprint density at radius 1 is 0.846 bits per heavy atom. The molecule has 3 aliphatic rings. The SMILES string of the molecule is COc1ccc2c(c1)CCC(c1ccccc1)C2c1ccc(N2CCN(C[C@H]3CCCC[C@@H]3C=O)CC2)cc1. The number of hydrogen-bond donors (Lipinski definition) is 0. The Morgan fingerprint density at radius 2 is 1.62 bits per heavy atom. The quantitative estimate of drug-likeness (QED) is 0.324. The number of hydrogen-bond acceptors (Lipinski definition) is 4. The molecule has 3 aromatic rings. The van der Waals surface area contributed by atoms with Crippen molar-refractivity contribution in [2.24, 2.45) is 11.8 Å². The van der Waals surface area contributed by atoms with Crippen LogP contribution < -0.4 is 9.64 Å². The number of ether oxygens (including phenoxy) is 1. The zero-order valence-corrected chi connectivity index (χ0v) is 23.3. The van der Waals surface area contributed by atoms with Crippen LogP contribution in [0.15, 0.2) is 72.8 Å². The highest BCUT2D eigenvalue weighted by molar-refractivity contribution is 5.54. The molecule has 2 aliphatic carbocycles. The number of carbonyl (C=O) groups is 1. The maximum Gasteiger partial charge on any atom is 0.123 e. The lowest BCUT2D eigenvalue weighted by molar-refractivity contribution is -0.113. The molecule has 204 valence electrons. The van der Waals surface area contributed by atoms with E-state index in [2.05, 4.69) is 82.6 Å². The second-order valence-corrected chi connectivity index (χ2v) is 11.8. The average molecular weight is 523 g/mol. The molecule has 1 saturated carbocycles. The monoisotopic (exact) mass is 522 g/mol. The van der Waals surface area contributed by atoms with E-state index >= 15 is 0 Å². The maximum absolute atomic E-state index is 11.6. The van der Waals surface area contributed by atoms with Crippen LogP contribution in [-0.4, -0.2) is 51.0 Å². The van der Waals surface area contributed by atoms with E-state index in [-0.39, 0.29) is 5.92 Å². The zero-order valence-electron chi connectivity index (χ0n) is 23.3. The van der Waals surface area contributed by atoms with E-state index in [4.69, 9.17) is 4.74 Å². The average Bonchev–Trinajstić information content (AvgIpc) is 3.01. The summed E-state index contributed by atoms with van der Waals surface area (Å²) in [5, 5.41) is 0. The van der Waals surface area contributed by atoms with E-state index < -0.39 is 0 Å². The Morgan fingerprint density at radius 3 is 2.36 bits per heavy atom. The minimum absolute atomic E-state index is 0.273. The van der Waals surface area contributed by atoms with E-state index in [1.165, 1.54) is 53.5 Å². The number of rotatable bonds is 7. The number of piperazine rings is 1. The molecule has 0 aromatic heterocycles. The standard InChI is InChI=1S/C35H42N2O2/c1-39-32-16-18-34-28(23-32)13-17-33(26-7-3-2-4-8-26)35(34)27-11-14-31(15-12-27)37-21-19-36(20-22-37)24-29-9-5-6-10-30(29)25-38/h2-4,7-8,11-12,14-16,18,23,25,29-30,33,35H,5-6,9-10,13,17,19-22,24H2,1H3/t29-,30-,33?,35?/m1/s1. The molecule has 1 aliphatic heterocycles. The normalized spacial score (nSPS) is 25.6. The molecule has 0 bridgehead atoms. The molecule has 4 nitrogen and oxygen atoms in total. The smallest absolute Gasteiger partial charge is 0.123 e. The van der Waals surface area contributed by atoms with Crippen molar-refractivity contribution in [3.05, 3.63) is 95.1 Å². The van der Waals surface area contributed by atoms with Gasteiger partial charge in [-0.15, -0.1) is 0 Å². The fourth-order valence-electron chi connectivity index (χ4n) is 7.45. The van der Waals surface area contributed by atoms with Crippen molar-refractivity contribution in [3.63, 3.8) is 0 Å². The van der Waals surface area contributed by atoms with Crippen LogP contribution in [0.5, 0.6) is 5.75 Å². The number of anilines is 1. The Bertz CT molecular complexity index is 1230. The van der Waals surface area contributed by atoms with Crippen molar-refractivity contribution in [2.45, 2.75) is 50.4 Å². The van der Waals surface area contributed by atoms with Gasteiger partial charge in [-0.1, -0.05) is 61.4 Å². The lowest BCUT2D eigenvalue weighted by Crippen LogP contribution is -2.48. The van der Waals surface area contributed by atoms with Crippen LogP contribution in [0, 0.1) is 11.8 Å². The van der Waals surface area contributed by atoms with Crippen molar-refractivity contribution in [1.29, 1.82) is 0 Å². The summed E-state index contributed by atoms with van der Waals surface area (Å²) in [5.74, 6) is 2.59. The topological polar surface area (TPSA) is 32.8 Å². The Hall–Kier alpha value is -3.11. The van der Waals surface area contributed by atoms with Crippen LogP contribution in [0.25, 0.3) is 0 Å². The van der Waals surface area contributed by atoms with Gasteiger partial charge < -0.3 is 14.4 Å². The van der Waals surface area contributed by atoms with E-state index in [1.54, 1.807) is 7.11 Å². The summed E-state index contributed by atoms with van der Waals surface area (Å²) in [7, 11) is 1.76. The van der Waals surface area contributed by atoms with Crippen molar-refractivity contribution >= 4 is 12.0 Å². The predicted octanol–water partition coefficient (Wildman–Crippen LogP) is 6.68. The number of carbonyl (C=O) groups excluding carboxylic acids is 1.